The first kappa shape index (κ1) is 13.7. The lowest BCUT2D eigenvalue weighted by molar-refractivity contribution is 0.100. The zero-order chi connectivity index (χ0) is 14.9. The summed E-state index contributed by atoms with van der Waals surface area (Å²) >= 11 is 0. The molecule has 20 heavy (non-hydrogen) atoms. The van der Waals surface area contributed by atoms with E-state index in [1.54, 1.807) is 0 Å². The average molecular weight is 281 g/mol. The van der Waals surface area contributed by atoms with Crippen molar-refractivity contribution >= 4 is 23.0 Å². The van der Waals surface area contributed by atoms with Crippen LogP contribution in [0.15, 0.2) is 30.3 Å². The van der Waals surface area contributed by atoms with Crippen molar-refractivity contribution in [3.63, 3.8) is 0 Å². The molecule has 0 unspecified atom stereocenters. The number of amides is 1. The van der Waals surface area contributed by atoms with Crippen molar-refractivity contribution in [3.8, 4) is 0 Å². The van der Waals surface area contributed by atoms with Gasteiger partial charge in [0.1, 0.15) is 5.82 Å². The number of halogens is 3. The van der Waals surface area contributed by atoms with Gasteiger partial charge in [0.2, 0.25) is 0 Å². The standard InChI is InChI=1S/C13H10F3N3O/c14-8-4-10(16)12(5-9(8)15)19-11-2-1-6(17)3-7(11)13(18)20/h1-5,19H,17H2,(H2,18,20). The Hall–Kier alpha value is -2.70. The van der Waals surface area contributed by atoms with E-state index >= 15 is 0 Å². The molecule has 0 atom stereocenters. The highest BCUT2D eigenvalue weighted by Crippen LogP contribution is 2.26. The van der Waals surface area contributed by atoms with Gasteiger partial charge in [-0.1, -0.05) is 0 Å². The lowest BCUT2D eigenvalue weighted by atomic mass is 10.1. The largest absolute Gasteiger partial charge is 0.399 e. The van der Waals surface area contributed by atoms with Crippen LogP contribution in [-0.4, -0.2) is 5.91 Å². The summed E-state index contributed by atoms with van der Waals surface area (Å²) < 4.78 is 39.4. The molecule has 0 bridgehead atoms. The Kier molecular flexibility index (Phi) is 3.51. The minimum Gasteiger partial charge on any atom is -0.399 e. The molecule has 0 aliphatic carbocycles. The number of benzene rings is 2. The van der Waals surface area contributed by atoms with Crippen molar-refractivity contribution in [1.29, 1.82) is 0 Å². The molecule has 0 spiro atoms. The molecule has 0 fully saturated rings. The maximum atomic E-state index is 13.5. The van der Waals surface area contributed by atoms with E-state index in [0.717, 1.165) is 0 Å². The van der Waals surface area contributed by atoms with Crippen LogP contribution >= 0.6 is 0 Å². The smallest absolute Gasteiger partial charge is 0.250 e. The maximum Gasteiger partial charge on any atom is 0.250 e. The highest BCUT2D eigenvalue weighted by atomic mass is 19.2. The quantitative estimate of drug-likeness (QED) is 0.597. The zero-order valence-corrected chi connectivity index (χ0v) is 10.1. The Morgan fingerprint density at radius 3 is 2.25 bits per heavy atom. The fraction of sp³-hybridized carbons (Fsp3) is 0. The molecule has 5 N–H and O–H groups in total. The van der Waals surface area contributed by atoms with E-state index in [9.17, 15) is 18.0 Å². The Balaban J connectivity index is 2.45. The number of rotatable bonds is 3. The van der Waals surface area contributed by atoms with Gasteiger partial charge in [0.15, 0.2) is 11.6 Å². The molecule has 0 saturated carbocycles. The Morgan fingerprint density at radius 1 is 0.950 bits per heavy atom. The molecule has 104 valence electrons. The second kappa shape index (κ2) is 5.12. The molecule has 2 aromatic carbocycles. The molecule has 0 radical (unpaired) electrons. The molecule has 2 rings (SSSR count). The van der Waals surface area contributed by atoms with Crippen molar-refractivity contribution in [2.24, 2.45) is 5.73 Å². The summed E-state index contributed by atoms with van der Waals surface area (Å²) in [6.07, 6.45) is 0. The molecule has 0 heterocycles. The first-order valence-electron chi connectivity index (χ1n) is 5.49. The van der Waals surface area contributed by atoms with Crippen molar-refractivity contribution < 1.29 is 18.0 Å². The summed E-state index contributed by atoms with van der Waals surface area (Å²) in [6, 6.07) is 5.18. The number of primary amides is 1. The topological polar surface area (TPSA) is 81.1 Å². The second-order valence-corrected chi connectivity index (χ2v) is 4.04. The molecule has 0 saturated heterocycles. The summed E-state index contributed by atoms with van der Waals surface area (Å²) in [6.45, 7) is 0. The van der Waals surface area contributed by atoms with E-state index in [1.807, 2.05) is 0 Å². The molecule has 1 amide bonds. The van der Waals surface area contributed by atoms with Crippen LogP contribution in [0.5, 0.6) is 0 Å². The molecule has 0 aliphatic heterocycles. The van der Waals surface area contributed by atoms with Gasteiger partial charge >= 0.3 is 0 Å². The summed E-state index contributed by atoms with van der Waals surface area (Å²) in [4.78, 5) is 11.3. The van der Waals surface area contributed by atoms with E-state index < -0.39 is 23.4 Å². The number of anilines is 3. The Bertz CT molecular complexity index is 689. The molecule has 4 nitrogen and oxygen atoms in total. The van der Waals surface area contributed by atoms with Crippen LogP contribution in [0.2, 0.25) is 0 Å². The van der Waals surface area contributed by atoms with E-state index in [4.69, 9.17) is 11.5 Å². The van der Waals surface area contributed by atoms with Crippen LogP contribution < -0.4 is 16.8 Å². The fourth-order valence-corrected chi connectivity index (χ4v) is 1.64. The second-order valence-electron chi connectivity index (χ2n) is 4.04. The van der Waals surface area contributed by atoms with Gasteiger partial charge in [0, 0.05) is 17.8 Å². The van der Waals surface area contributed by atoms with Crippen LogP contribution in [0.3, 0.4) is 0 Å². The minimum absolute atomic E-state index is 0.00846. The summed E-state index contributed by atoms with van der Waals surface area (Å²) in [5.74, 6) is -4.32. The summed E-state index contributed by atoms with van der Waals surface area (Å²) in [5.41, 5.74) is 10.8. The number of nitrogens with one attached hydrogen (secondary N) is 1. The van der Waals surface area contributed by atoms with Gasteiger partial charge in [-0.3, -0.25) is 4.79 Å². The molecule has 0 aliphatic rings. The first-order chi connectivity index (χ1) is 9.38. The highest BCUT2D eigenvalue weighted by Gasteiger charge is 2.13. The molecular formula is C13H10F3N3O. The monoisotopic (exact) mass is 281 g/mol. The molecule has 7 heteroatoms. The fourth-order valence-electron chi connectivity index (χ4n) is 1.64. The van der Waals surface area contributed by atoms with E-state index in [-0.39, 0.29) is 22.6 Å². The van der Waals surface area contributed by atoms with Crippen LogP contribution in [0.1, 0.15) is 10.4 Å². The summed E-state index contributed by atoms with van der Waals surface area (Å²) in [7, 11) is 0. The first-order valence-corrected chi connectivity index (χ1v) is 5.49. The van der Waals surface area contributed by atoms with Gasteiger partial charge in [-0.15, -0.1) is 0 Å². The summed E-state index contributed by atoms with van der Waals surface area (Å²) in [5, 5.41) is 2.48. The third kappa shape index (κ3) is 2.66. The lowest BCUT2D eigenvalue weighted by Crippen LogP contribution is -2.14. The van der Waals surface area contributed by atoms with Gasteiger partial charge in [0.05, 0.1) is 16.9 Å². The SMILES string of the molecule is NC(=O)c1cc(N)ccc1Nc1cc(F)c(F)cc1F. The number of hydrogen-bond acceptors (Lipinski definition) is 3. The predicted molar refractivity (Wildman–Crippen MR) is 69.0 cm³/mol. The molecule has 0 aromatic heterocycles. The number of carbonyl (C=O) groups is 1. The van der Waals surface area contributed by atoms with Gasteiger partial charge < -0.3 is 16.8 Å². The van der Waals surface area contributed by atoms with Gasteiger partial charge in [-0.2, -0.15) is 0 Å². The minimum atomic E-state index is -1.31. The van der Waals surface area contributed by atoms with Crippen LogP contribution in [0, 0.1) is 17.5 Å². The number of hydrogen-bond donors (Lipinski definition) is 3. The zero-order valence-electron chi connectivity index (χ0n) is 10.1. The third-order valence-electron chi connectivity index (χ3n) is 2.59. The van der Waals surface area contributed by atoms with Crippen molar-refractivity contribution in [2.45, 2.75) is 0 Å². The van der Waals surface area contributed by atoms with Gasteiger partial charge in [0.25, 0.3) is 5.91 Å². The van der Waals surface area contributed by atoms with Crippen molar-refractivity contribution in [3.05, 3.63) is 53.3 Å². The number of nitrogens with two attached hydrogens (primary N) is 2. The van der Waals surface area contributed by atoms with Crippen LogP contribution in [-0.2, 0) is 0 Å². The van der Waals surface area contributed by atoms with Crippen LogP contribution in [0.25, 0.3) is 0 Å². The van der Waals surface area contributed by atoms with E-state index in [2.05, 4.69) is 5.32 Å². The number of carbonyl (C=O) groups excluding carboxylic acids is 1. The average Bonchev–Trinajstić information content (AvgIpc) is 2.37. The lowest BCUT2D eigenvalue weighted by Gasteiger charge is -2.12. The van der Waals surface area contributed by atoms with Gasteiger partial charge in [-0.25, -0.2) is 13.2 Å². The predicted octanol–water partition coefficient (Wildman–Crippen LogP) is 2.53. The third-order valence-corrected chi connectivity index (χ3v) is 2.59. The maximum absolute atomic E-state index is 13.5. The highest BCUT2D eigenvalue weighted by molar-refractivity contribution is 6.00. The Labute approximate surface area is 112 Å². The van der Waals surface area contributed by atoms with Crippen LogP contribution in [0.4, 0.5) is 30.2 Å². The Morgan fingerprint density at radius 2 is 1.60 bits per heavy atom. The van der Waals surface area contributed by atoms with E-state index in [1.165, 1.54) is 18.2 Å². The van der Waals surface area contributed by atoms with Crippen molar-refractivity contribution in [1.82, 2.24) is 0 Å². The van der Waals surface area contributed by atoms with Gasteiger partial charge in [-0.05, 0) is 18.2 Å². The molecular weight excluding hydrogens is 271 g/mol. The number of nitrogen functional groups attached to an aromatic ring is 1. The normalized spacial score (nSPS) is 10.3. The molecule has 2 aromatic rings. The van der Waals surface area contributed by atoms with Crippen molar-refractivity contribution in [2.75, 3.05) is 11.1 Å². The van der Waals surface area contributed by atoms with E-state index in [0.29, 0.717) is 12.1 Å².